The molecule has 6 heteroatoms. The van der Waals surface area contributed by atoms with Crippen LogP contribution in [0, 0.1) is 6.92 Å². The summed E-state index contributed by atoms with van der Waals surface area (Å²) in [6.07, 6.45) is 1.96. The second kappa shape index (κ2) is 6.03. The summed E-state index contributed by atoms with van der Waals surface area (Å²) in [5.74, 6) is 1.78. The van der Waals surface area contributed by atoms with E-state index in [-0.39, 0.29) is 11.8 Å². The number of hydrogen-bond acceptors (Lipinski definition) is 4. The van der Waals surface area contributed by atoms with Crippen molar-refractivity contribution in [1.82, 2.24) is 25.1 Å². The van der Waals surface area contributed by atoms with Gasteiger partial charge in [0.2, 0.25) is 0 Å². The van der Waals surface area contributed by atoms with Gasteiger partial charge in [0.15, 0.2) is 5.82 Å². The van der Waals surface area contributed by atoms with E-state index in [0.717, 1.165) is 41.9 Å². The molecule has 3 aromatic rings. The smallest absolute Gasteiger partial charge is 0.272 e. The Balaban J connectivity index is 1.56. The number of pyridine rings is 1. The number of aromatic amines is 1. The molecule has 1 atom stereocenters. The molecule has 0 saturated carbocycles. The Morgan fingerprint density at radius 2 is 2.08 bits per heavy atom. The van der Waals surface area contributed by atoms with Crippen molar-refractivity contribution >= 4 is 16.8 Å². The third-order valence-electron chi connectivity index (χ3n) is 4.51. The summed E-state index contributed by atoms with van der Waals surface area (Å²) >= 11 is 0. The molecular formula is C18H19N5O. The molecular weight excluding hydrogens is 302 g/mol. The first kappa shape index (κ1) is 14.8. The van der Waals surface area contributed by atoms with Crippen LogP contribution < -0.4 is 0 Å². The maximum atomic E-state index is 12.8. The van der Waals surface area contributed by atoms with Gasteiger partial charge in [-0.25, -0.2) is 9.97 Å². The molecule has 4 rings (SSSR count). The predicted molar refractivity (Wildman–Crippen MR) is 90.7 cm³/mol. The number of aromatic nitrogens is 4. The second-order valence-corrected chi connectivity index (χ2v) is 6.26. The molecule has 1 saturated heterocycles. The minimum absolute atomic E-state index is 0.0160. The Bertz CT molecular complexity index is 888. The fourth-order valence-corrected chi connectivity index (χ4v) is 3.26. The maximum Gasteiger partial charge on any atom is 0.272 e. The van der Waals surface area contributed by atoms with Crippen LogP contribution in [0.2, 0.25) is 0 Å². The molecule has 2 aromatic heterocycles. The van der Waals surface area contributed by atoms with Crippen molar-refractivity contribution in [3.8, 4) is 0 Å². The Labute approximate surface area is 139 Å². The summed E-state index contributed by atoms with van der Waals surface area (Å²) in [6, 6.07) is 11.6. The van der Waals surface area contributed by atoms with E-state index in [1.807, 2.05) is 48.2 Å². The molecule has 0 radical (unpaired) electrons. The molecule has 1 aliphatic heterocycles. The Morgan fingerprint density at radius 3 is 2.92 bits per heavy atom. The third-order valence-corrected chi connectivity index (χ3v) is 4.51. The van der Waals surface area contributed by atoms with E-state index in [0.29, 0.717) is 12.2 Å². The molecule has 122 valence electrons. The number of piperidine rings is 1. The largest absolute Gasteiger partial charge is 0.337 e. The number of carbonyl (C=O) groups excluding carboxylic acids is 1. The quantitative estimate of drug-likeness (QED) is 0.787. The number of hydrogen-bond donors (Lipinski definition) is 1. The van der Waals surface area contributed by atoms with Gasteiger partial charge in [-0.3, -0.25) is 9.89 Å². The van der Waals surface area contributed by atoms with Crippen molar-refractivity contribution in [2.45, 2.75) is 25.7 Å². The van der Waals surface area contributed by atoms with Crippen molar-refractivity contribution in [2.24, 2.45) is 0 Å². The minimum atomic E-state index is -0.0160. The molecule has 1 N–H and O–H groups in total. The highest BCUT2D eigenvalue weighted by Gasteiger charge is 2.28. The maximum absolute atomic E-state index is 12.8. The first-order valence-electron chi connectivity index (χ1n) is 8.25. The summed E-state index contributed by atoms with van der Waals surface area (Å²) < 4.78 is 0. The first-order valence-corrected chi connectivity index (χ1v) is 8.25. The van der Waals surface area contributed by atoms with Gasteiger partial charge in [-0.05, 0) is 31.9 Å². The summed E-state index contributed by atoms with van der Waals surface area (Å²) in [5, 5.41) is 8.19. The number of amides is 1. The van der Waals surface area contributed by atoms with Crippen LogP contribution >= 0.6 is 0 Å². The molecule has 24 heavy (non-hydrogen) atoms. The number of nitrogens with one attached hydrogen (secondary N) is 1. The number of para-hydroxylation sites is 1. The number of fused-ring (bicyclic) bond motifs is 1. The second-order valence-electron chi connectivity index (χ2n) is 6.26. The number of carbonyl (C=O) groups is 1. The molecule has 1 aliphatic rings. The number of likely N-dealkylation sites (tertiary alicyclic amines) is 1. The van der Waals surface area contributed by atoms with Crippen molar-refractivity contribution in [1.29, 1.82) is 0 Å². The van der Waals surface area contributed by atoms with E-state index in [2.05, 4.69) is 20.2 Å². The zero-order chi connectivity index (χ0) is 16.5. The highest BCUT2D eigenvalue weighted by Crippen LogP contribution is 2.25. The fraction of sp³-hybridized carbons (Fsp3) is 0.333. The van der Waals surface area contributed by atoms with E-state index < -0.39 is 0 Å². The minimum Gasteiger partial charge on any atom is -0.337 e. The van der Waals surface area contributed by atoms with E-state index in [1.165, 1.54) is 0 Å². The molecule has 3 heterocycles. The van der Waals surface area contributed by atoms with E-state index >= 15 is 0 Å². The van der Waals surface area contributed by atoms with Crippen molar-refractivity contribution in [3.05, 3.63) is 53.7 Å². The zero-order valence-corrected chi connectivity index (χ0v) is 13.6. The molecule has 0 bridgehead atoms. The lowest BCUT2D eigenvalue weighted by atomic mass is 9.97. The Morgan fingerprint density at radius 1 is 1.21 bits per heavy atom. The van der Waals surface area contributed by atoms with Crippen LogP contribution in [-0.4, -0.2) is 44.1 Å². The molecule has 1 fully saturated rings. The summed E-state index contributed by atoms with van der Waals surface area (Å²) in [4.78, 5) is 23.7. The van der Waals surface area contributed by atoms with Crippen LogP contribution in [-0.2, 0) is 0 Å². The first-order chi connectivity index (χ1) is 11.7. The van der Waals surface area contributed by atoms with Gasteiger partial charge >= 0.3 is 0 Å². The summed E-state index contributed by atoms with van der Waals surface area (Å²) in [5.41, 5.74) is 1.35. The highest BCUT2D eigenvalue weighted by molar-refractivity contribution is 5.95. The molecule has 1 aromatic carbocycles. The zero-order valence-electron chi connectivity index (χ0n) is 13.6. The van der Waals surface area contributed by atoms with Gasteiger partial charge in [0.1, 0.15) is 11.5 Å². The van der Waals surface area contributed by atoms with Gasteiger partial charge in [0, 0.05) is 24.4 Å². The lowest BCUT2D eigenvalue weighted by Gasteiger charge is -2.31. The Hall–Kier alpha value is -2.76. The Kier molecular flexibility index (Phi) is 3.72. The standard InChI is InChI=1S/C18H19N5O/c1-12-19-17(22-21-12)14-6-4-10-23(11-14)18(24)16-9-8-13-5-2-3-7-15(13)20-16/h2-3,5,7-9,14H,4,6,10-11H2,1H3,(H,19,21,22). The van der Waals surface area contributed by atoms with Crippen LogP contribution in [0.5, 0.6) is 0 Å². The number of rotatable bonds is 2. The van der Waals surface area contributed by atoms with Gasteiger partial charge in [-0.15, -0.1) is 0 Å². The van der Waals surface area contributed by atoms with Crippen LogP contribution in [0.1, 0.15) is 40.9 Å². The molecule has 0 spiro atoms. The van der Waals surface area contributed by atoms with Gasteiger partial charge in [-0.2, -0.15) is 5.10 Å². The van der Waals surface area contributed by atoms with Crippen molar-refractivity contribution < 1.29 is 4.79 Å². The molecule has 6 nitrogen and oxygen atoms in total. The average Bonchev–Trinajstić information content (AvgIpc) is 3.07. The fourth-order valence-electron chi connectivity index (χ4n) is 3.26. The predicted octanol–water partition coefficient (Wildman–Crippen LogP) is 2.68. The van der Waals surface area contributed by atoms with Crippen molar-refractivity contribution in [3.63, 3.8) is 0 Å². The van der Waals surface area contributed by atoms with E-state index in [4.69, 9.17) is 0 Å². The van der Waals surface area contributed by atoms with Crippen LogP contribution in [0.25, 0.3) is 10.9 Å². The number of H-pyrrole nitrogens is 1. The molecule has 0 aliphatic carbocycles. The highest BCUT2D eigenvalue weighted by atomic mass is 16.2. The van der Waals surface area contributed by atoms with Gasteiger partial charge in [-0.1, -0.05) is 24.3 Å². The van der Waals surface area contributed by atoms with E-state index in [1.54, 1.807) is 0 Å². The lowest BCUT2D eigenvalue weighted by Crippen LogP contribution is -2.39. The van der Waals surface area contributed by atoms with Crippen molar-refractivity contribution in [2.75, 3.05) is 13.1 Å². The topological polar surface area (TPSA) is 74.8 Å². The molecule has 1 unspecified atom stereocenters. The van der Waals surface area contributed by atoms with E-state index in [9.17, 15) is 4.79 Å². The third kappa shape index (κ3) is 2.75. The number of nitrogens with zero attached hydrogens (tertiary/aromatic N) is 4. The average molecular weight is 321 g/mol. The van der Waals surface area contributed by atoms with Gasteiger partial charge in [0.25, 0.3) is 5.91 Å². The molecule has 1 amide bonds. The SMILES string of the molecule is Cc1nc(C2CCCN(C(=O)c3ccc4ccccc4n3)C2)n[nH]1. The lowest BCUT2D eigenvalue weighted by molar-refractivity contribution is 0.0699. The number of aryl methyl sites for hydroxylation is 1. The van der Waals surface area contributed by atoms with Crippen LogP contribution in [0.3, 0.4) is 0 Å². The number of benzene rings is 1. The monoisotopic (exact) mass is 321 g/mol. The summed E-state index contributed by atoms with van der Waals surface area (Å²) in [6.45, 7) is 3.29. The van der Waals surface area contributed by atoms with Gasteiger partial charge in [0.05, 0.1) is 5.52 Å². The van der Waals surface area contributed by atoms with Gasteiger partial charge < -0.3 is 4.90 Å². The van der Waals surface area contributed by atoms with Crippen LogP contribution in [0.4, 0.5) is 0 Å². The van der Waals surface area contributed by atoms with Crippen LogP contribution in [0.15, 0.2) is 36.4 Å². The normalized spacial score (nSPS) is 18.0. The summed E-state index contributed by atoms with van der Waals surface area (Å²) in [7, 11) is 0.